The molecule has 2 aromatic rings. The minimum atomic E-state index is -0.664. The summed E-state index contributed by atoms with van der Waals surface area (Å²) in [5.41, 5.74) is 2.29. The Labute approximate surface area is 155 Å². The molecule has 138 valence electrons. The number of hydrogen-bond donors (Lipinski definition) is 1. The number of piperidine rings is 1. The normalized spacial score (nSPS) is 15.9. The zero-order valence-electron chi connectivity index (χ0n) is 15.6. The topological polar surface area (TPSA) is 66.3 Å². The minimum absolute atomic E-state index is 0.0974. The van der Waals surface area contributed by atoms with Gasteiger partial charge in [-0.1, -0.05) is 12.1 Å². The third-order valence-electron chi connectivity index (χ3n) is 5.03. The van der Waals surface area contributed by atoms with Gasteiger partial charge >= 0.3 is 0 Å². The van der Waals surface area contributed by atoms with E-state index in [1.807, 2.05) is 49.1 Å². The van der Waals surface area contributed by atoms with Crippen LogP contribution < -0.4 is 0 Å². The Bertz CT molecular complexity index is 715. The molecule has 1 aliphatic rings. The van der Waals surface area contributed by atoms with Gasteiger partial charge in [-0.3, -0.25) is 4.79 Å². The molecule has 0 unspecified atom stereocenters. The van der Waals surface area contributed by atoms with Gasteiger partial charge < -0.3 is 10.0 Å². The highest BCUT2D eigenvalue weighted by Crippen LogP contribution is 2.27. The van der Waals surface area contributed by atoms with Crippen LogP contribution in [0.3, 0.4) is 0 Å². The fraction of sp³-hybridized carbons (Fsp3) is 0.476. The van der Waals surface area contributed by atoms with Gasteiger partial charge in [0.1, 0.15) is 6.33 Å². The van der Waals surface area contributed by atoms with Crippen LogP contribution in [0, 0.1) is 0 Å². The van der Waals surface area contributed by atoms with E-state index < -0.39 is 5.60 Å². The molecule has 1 N–H and O–H groups in total. The van der Waals surface area contributed by atoms with Crippen LogP contribution in [0.2, 0.25) is 0 Å². The van der Waals surface area contributed by atoms with Crippen molar-refractivity contribution >= 4 is 5.91 Å². The summed E-state index contributed by atoms with van der Waals surface area (Å²) in [5.74, 6) is 0.506. The first-order valence-corrected chi connectivity index (χ1v) is 9.29. The van der Waals surface area contributed by atoms with Crippen molar-refractivity contribution in [1.29, 1.82) is 0 Å². The van der Waals surface area contributed by atoms with E-state index in [1.165, 1.54) is 0 Å². The number of aliphatic hydroxyl groups is 1. The lowest BCUT2D eigenvalue weighted by molar-refractivity contribution is 0.0703. The number of aryl methyl sites for hydroxylation is 1. The molecule has 0 radical (unpaired) electrons. The van der Waals surface area contributed by atoms with Crippen LogP contribution in [0.4, 0.5) is 0 Å². The summed E-state index contributed by atoms with van der Waals surface area (Å²) >= 11 is 0. The first kappa shape index (κ1) is 18.5. The molecule has 0 spiro atoms. The molecular formula is C21H27N3O2. The molecule has 1 fully saturated rings. The number of carbonyl (C=O) groups excluding carboxylic acids is 1. The van der Waals surface area contributed by atoms with Gasteiger partial charge in [0, 0.05) is 36.5 Å². The molecule has 1 saturated heterocycles. The summed E-state index contributed by atoms with van der Waals surface area (Å²) in [7, 11) is 0. The molecule has 5 nitrogen and oxygen atoms in total. The predicted molar refractivity (Wildman–Crippen MR) is 101 cm³/mol. The number of carbonyl (C=O) groups is 1. The number of likely N-dealkylation sites (tertiary alicyclic amines) is 1. The van der Waals surface area contributed by atoms with E-state index in [4.69, 9.17) is 0 Å². The first-order chi connectivity index (χ1) is 12.4. The summed E-state index contributed by atoms with van der Waals surface area (Å²) in [5, 5.41) is 9.83. The monoisotopic (exact) mass is 353 g/mol. The lowest BCUT2D eigenvalue weighted by Gasteiger charge is -2.31. The van der Waals surface area contributed by atoms with Gasteiger partial charge in [0.15, 0.2) is 0 Å². The molecule has 1 amide bonds. The Morgan fingerprint density at radius 1 is 1.19 bits per heavy atom. The zero-order chi connectivity index (χ0) is 18.6. The van der Waals surface area contributed by atoms with E-state index in [1.54, 1.807) is 12.5 Å². The van der Waals surface area contributed by atoms with E-state index in [9.17, 15) is 9.90 Å². The molecule has 1 aromatic carbocycles. The van der Waals surface area contributed by atoms with Gasteiger partial charge in [-0.15, -0.1) is 0 Å². The van der Waals surface area contributed by atoms with Gasteiger partial charge in [-0.25, -0.2) is 9.97 Å². The van der Waals surface area contributed by atoms with E-state index in [-0.39, 0.29) is 5.91 Å². The smallest absolute Gasteiger partial charge is 0.253 e. The summed E-state index contributed by atoms with van der Waals surface area (Å²) in [6.07, 6.45) is 6.75. The number of rotatable bonds is 5. The number of benzene rings is 1. The molecule has 1 aromatic heterocycles. The second-order valence-corrected chi connectivity index (χ2v) is 7.71. The lowest BCUT2D eigenvalue weighted by atomic mass is 9.93. The molecule has 3 rings (SSSR count). The summed E-state index contributed by atoms with van der Waals surface area (Å²) in [4.78, 5) is 23.0. The second-order valence-electron chi connectivity index (χ2n) is 7.71. The van der Waals surface area contributed by atoms with Gasteiger partial charge in [0.25, 0.3) is 5.91 Å². The van der Waals surface area contributed by atoms with E-state index >= 15 is 0 Å². The van der Waals surface area contributed by atoms with Crippen LogP contribution in [-0.2, 0) is 6.42 Å². The summed E-state index contributed by atoms with van der Waals surface area (Å²) in [6.45, 7) is 5.15. The lowest BCUT2D eigenvalue weighted by Crippen LogP contribution is -2.38. The Kier molecular flexibility index (Phi) is 5.67. The molecular weight excluding hydrogens is 326 g/mol. The maximum atomic E-state index is 12.7. The quantitative estimate of drug-likeness (QED) is 0.896. The van der Waals surface area contributed by atoms with Crippen molar-refractivity contribution in [3.63, 3.8) is 0 Å². The van der Waals surface area contributed by atoms with Crippen LogP contribution in [0.1, 0.15) is 60.6 Å². The number of amides is 1. The largest absolute Gasteiger partial charge is 0.390 e. The average Bonchev–Trinajstić information content (AvgIpc) is 2.66. The number of nitrogens with zero attached hydrogens (tertiary/aromatic N) is 3. The zero-order valence-corrected chi connectivity index (χ0v) is 15.6. The Balaban J connectivity index is 1.55. The van der Waals surface area contributed by atoms with Crippen molar-refractivity contribution in [2.75, 3.05) is 13.1 Å². The molecule has 1 aliphatic heterocycles. The highest BCUT2D eigenvalue weighted by molar-refractivity contribution is 5.94. The minimum Gasteiger partial charge on any atom is -0.390 e. The highest BCUT2D eigenvalue weighted by atomic mass is 16.3. The fourth-order valence-electron chi connectivity index (χ4n) is 3.37. The third kappa shape index (κ3) is 4.88. The van der Waals surface area contributed by atoms with Gasteiger partial charge in [-0.2, -0.15) is 0 Å². The summed E-state index contributed by atoms with van der Waals surface area (Å²) < 4.78 is 0. The molecule has 0 saturated carbocycles. The standard InChI is InChI=1S/C21H27N3O2/c1-21(2,26)11-7-16-3-5-18(6-4-16)20(25)24-13-9-17(10-14-24)19-8-12-22-15-23-19/h3-6,8,12,15,17,26H,7,9-11,13-14H2,1-2H3. The highest BCUT2D eigenvalue weighted by Gasteiger charge is 2.25. The fourth-order valence-corrected chi connectivity index (χ4v) is 3.37. The molecule has 0 atom stereocenters. The maximum Gasteiger partial charge on any atom is 0.253 e. The van der Waals surface area contributed by atoms with E-state index in [0.717, 1.165) is 49.2 Å². The van der Waals surface area contributed by atoms with Crippen molar-refractivity contribution in [3.05, 3.63) is 59.7 Å². The van der Waals surface area contributed by atoms with Crippen LogP contribution >= 0.6 is 0 Å². The van der Waals surface area contributed by atoms with Crippen molar-refractivity contribution in [2.45, 2.75) is 51.0 Å². The number of aromatic nitrogens is 2. The SMILES string of the molecule is CC(C)(O)CCc1ccc(C(=O)N2CCC(c3ccncn3)CC2)cc1. The van der Waals surface area contributed by atoms with Crippen LogP contribution in [0.25, 0.3) is 0 Å². The van der Waals surface area contributed by atoms with Crippen molar-refractivity contribution in [3.8, 4) is 0 Å². The van der Waals surface area contributed by atoms with Crippen LogP contribution in [-0.4, -0.2) is 44.6 Å². The van der Waals surface area contributed by atoms with E-state index in [2.05, 4.69) is 9.97 Å². The average molecular weight is 353 g/mol. The Morgan fingerprint density at radius 3 is 2.46 bits per heavy atom. The van der Waals surface area contributed by atoms with Crippen molar-refractivity contribution in [1.82, 2.24) is 14.9 Å². The molecule has 5 heteroatoms. The van der Waals surface area contributed by atoms with Gasteiger partial charge in [0.05, 0.1) is 5.60 Å². The van der Waals surface area contributed by atoms with Gasteiger partial charge in [-0.05, 0) is 63.3 Å². The van der Waals surface area contributed by atoms with E-state index in [0.29, 0.717) is 12.3 Å². The Hall–Kier alpha value is -2.27. The molecule has 0 aliphatic carbocycles. The molecule has 26 heavy (non-hydrogen) atoms. The first-order valence-electron chi connectivity index (χ1n) is 9.29. The molecule has 2 heterocycles. The van der Waals surface area contributed by atoms with Gasteiger partial charge in [0.2, 0.25) is 0 Å². The van der Waals surface area contributed by atoms with Crippen LogP contribution in [0.15, 0.2) is 42.9 Å². The van der Waals surface area contributed by atoms with Crippen molar-refractivity contribution < 1.29 is 9.90 Å². The third-order valence-corrected chi connectivity index (χ3v) is 5.03. The van der Waals surface area contributed by atoms with Crippen LogP contribution in [0.5, 0.6) is 0 Å². The van der Waals surface area contributed by atoms with Crippen molar-refractivity contribution in [2.24, 2.45) is 0 Å². The Morgan fingerprint density at radius 2 is 1.88 bits per heavy atom. The molecule has 0 bridgehead atoms. The predicted octanol–water partition coefficient (Wildman–Crippen LogP) is 3.20. The number of hydrogen-bond acceptors (Lipinski definition) is 4. The maximum absolute atomic E-state index is 12.7. The second kappa shape index (κ2) is 7.96. The summed E-state index contributed by atoms with van der Waals surface area (Å²) in [6, 6.07) is 9.75.